The third-order valence-corrected chi connectivity index (χ3v) is 5.29. The van der Waals surface area contributed by atoms with Crippen molar-refractivity contribution in [1.29, 1.82) is 0 Å². The van der Waals surface area contributed by atoms with Crippen molar-refractivity contribution in [3.63, 3.8) is 0 Å². The number of carbonyl (C=O) groups is 3. The van der Waals surface area contributed by atoms with E-state index in [1.807, 2.05) is 6.92 Å². The number of ether oxygens (including phenoxy) is 1. The average molecular weight is 413 g/mol. The lowest BCUT2D eigenvalue weighted by Crippen LogP contribution is -2.59. The van der Waals surface area contributed by atoms with Crippen LogP contribution in [0.3, 0.4) is 0 Å². The molecule has 2 saturated heterocycles. The normalized spacial score (nSPS) is 18.1. The molecule has 0 atom stereocenters. The highest BCUT2D eigenvalue weighted by Crippen LogP contribution is 2.19. The minimum atomic E-state index is -0.751. The number of aromatic nitrogens is 4. The van der Waals surface area contributed by atoms with Gasteiger partial charge in [0.25, 0.3) is 0 Å². The van der Waals surface area contributed by atoms with Crippen molar-refractivity contribution >= 4 is 17.8 Å². The van der Waals surface area contributed by atoms with Gasteiger partial charge in [-0.05, 0) is 19.1 Å². The van der Waals surface area contributed by atoms with E-state index in [0.717, 1.165) is 4.90 Å². The van der Waals surface area contributed by atoms with Crippen LogP contribution in [0, 0.1) is 0 Å². The lowest BCUT2D eigenvalue weighted by atomic mass is 10.1. The Labute approximate surface area is 173 Å². The zero-order valence-electron chi connectivity index (χ0n) is 16.7. The summed E-state index contributed by atoms with van der Waals surface area (Å²) in [5.74, 6) is -0.367. The van der Waals surface area contributed by atoms with Crippen LogP contribution in [0.2, 0.25) is 0 Å². The summed E-state index contributed by atoms with van der Waals surface area (Å²) < 4.78 is 7.49. The molecule has 2 aliphatic heterocycles. The summed E-state index contributed by atoms with van der Waals surface area (Å²) in [6.07, 6.45) is 4.54. The number of piperidine rings is 1. The molecular weight excluding hydrogens is 390 g/mol. The Bertz CT molecular complexity index is 907. The van der Waals surface area contributed by atoms with Crippen LogP contribution in [0.1, 0.15) is 19.8 Å². The number of carbonyl (C=O) groups excluding carboxylic acids is 3. The van der Waals surface area contributed by atoms with Gasteiger partial charge in [0.15, 0.2) is 5.82 Å². The largest absolute Gasteiger partial charge is 0.473 e. The van der Waals surface area contributed by atoms with Crippen LogP contribution in [-0.2, 0) is 9.59 Å². The highest BCUT2D eigenvalue weighted by atomic mass is 16.5. The predicted octanol–water partition coefficient (Wildman–Crippen LogP) is 0.316. The number of nitrogens with zero attached hydrogens (tertiary/aromatic N) is 7. The van der Waals surface area contributed by atoms with E-state index >= 15 is 0 Å². The van der Waals surface area contributed by atoms with Crippen molar-refractivity contribution in [3.8, 4) is 11.7 Å². The molecule has 158 valence electrons. The van der Waals surface area contributed by atoms with Gasteiger partial charge in [0, 0.05) is 64.0 Å². The molecule has 4 heterocycles. The van der Waals surface area contributed by atoms with Crippen molar-refractivity contribution < 1.29 is 19.1 Å². The van der Waals surface area contributed by atoms with Crippen molar-refractivity contribution in [3.05, 3.63) is 30.6 Å². The fourth-order valence-corrected chi connectivity index (χ4v) is 3.57. The van der Waals surface area contributed by atoms with Gasteiger partial charge in [-0.1, -0.05) is 0 Å². The molecule has 0 unspecified atom stereocenters. The Balaban J connectivity index is 1.29. The molecule has 30 heavy (non-hydrogen) atoms. The van der Waals surface area contributed by atoms with E-state index in [9.17, 15) is 14.4 Å². The predicted molar refractivity (Wildman–Crippen MR) is 104 cm³/mol. The summed E-state index contributed by atoms with van der Waals surface area (Å²) in [6, 6.07) is 4.89. The van der Waals surface area contributed by atoms with Gasteiger partial charge < -0.3 is 14.5 Å². The van der Waals surface area contributed by atoms with E-state index in [1.54, 1.807) is 40.2 Å². The Morgan fingerprint density at radius 1 is 1.10 bits per heavy atom. The molecule has 0 N–H and O–H groups in total. The summed E-state index contributed by atoms with van der Waals surface area (Å²) in [7, 11) is 0. The fourth-order valence-electron chi connectivity index (χ4n) is 3.57. The molecule has 0 spiro atoms. The van der Waals surface area contributed by atoms with Crippen molar-refractivity contribution in [2.75, 3.05) is 32.7 Å². The third-order valence-electron chi connectivity index (χ3n) is 5.29. The van der Waals surface area contributed by atoms with E-state index in [-0.39, 0.29) is 12.6 Å². The molecule has 2 aromatic heterocycles. The molecule has 0 radical (unpaired) electrons. The van der Waals surface area contributed by atoms with Gasteiger partial charge in [-0.15, -0.1) is 10.2 Å². The zero-order chi connectivity index (χ0) is 21.1. The fraction of sp³-hybridized carbons (Fsp3) is 0.474. The summed E-state index contributed by atoms with van der Waals surface area (Å²) in [6.45, 7) is 3.75. The number of rotatable bonds is 4. The quantitative estimate of drug-likeness (QED) is 0.663. The number of hydrogen-bond acceptors (Lipinski definition) is 7. The van der Waals surface area contributed by atoms with Crippen LogP contribution in [0.5, 0.6) is 5.88 Å². The van der Waals surface area contributed by atoms with Gasteiger partial charge >= 0.3 is 17.8 Å². The second-order valence-electron chi connectivity index (χ2n) is 7.11. The average Bonchev–Trinajstić information content (AvgIpc) is 3.31. The molecular formula is C19H23N7O4. The second kappa shape index (κ2) is 8.47. The van der Waals surface area contributed by atoms with Crippen LogP contribution < -0.4 is 4.74 Å². The first kappa shape index (κ1) is 19.8. The standard InChI is InChI=1S/C19H23N7O4/c1-2-23-12-13-25(18(28)17(23)27)19(29)24-10-6-14(7-11-24)30-16-5-4-15(21-22-16)26-9-3-8-20-26/h3-5,8-9,14H,2,6-7,10-13H2,1H3. The first-order valence-corrected chi connectivity index (χ1v) is 9.97. The minimum Gasteiger partial charge on any atom is -0.473 e. The van der Waals surface area contributed by atoms with Crippen molar-refractivity contribution in [1.82, 2.24) is 34.7 Å². The highest BCUT2D eigenvalue weighted by Gasteiger charge is 2.38. The zero-order valence-corrected chi connectivity index (χ0v) is 16.7. The first-order valence-electron chi connectivity index (χ1n) is 9.97. The number of likely N-dealkylation sites (tertiary alicyclic amines) is 1. The van der Waals surface area contributed by atoms with Crippen LogP contribution in [0.4, 0.5) is 4.79 Å². The maximum absolute atomic E-state index is 12.7. The molecule has 0 bridgehead atoms. The maximum atomic E-state index is 12.7. The molecule has 4 rings (SSSR count). The Morgan fingerprint density at radius 3 is 2.53 bits per heavy atom. The Kier molecular flexibility index (Phi) is 5.59. The smallest absolute Gasteiger partial charge is 0.327 e. The second-order valence-corrected chi connectivity index (χ2v) is 7.11. The van der Waals surface area contributed by atoms with Crippen LogP contribution in [0.25, 0.3) is 5.82 Å². The maximum Gasteiger partial charge on any atom is 0.327 e. The SMILES string of the molecule is CCN1CCN(C(=O)N2CCC(Oc3ccc(-n4cccn4)nn3)CC2)C(=O)C1=O. The summed E-state index contributed by atoms with van der Waals surface area (Å²) >= 11 is 0. The third kappa shape index (κ3) is 3.95. The van der Waals surface area contributed by atoms with Gasteiger partial charge in [0.05, 0.1) is 0 Å². The van der Waals surface area contributed by atoms with Gasteiger partial charge in [0.2, 0.25) is 5.88 Å². The summed E-state index contributed by atoms with van der Waals surface area (Å²) in [4.78, 5) is 41.1. The van der Waals surface area contributed by atoms with Crippen LogP contribution >= 0.6 is 0 Å². The number of hydrogen-bond donors (Lipinski definition) is 0. The molecule has 11 heteroatoms. The molecule has 2 aliphatic rings. The first-order chi connectivity index (χ1) is 14.6. The summed E-state index contributed by atoms with van der Waals surface area (Å²) in [5.41, 5.74) is 0. The lowest BCUT2D eigenvalue weighted by Gasteiger charge is -2.37. The Morgan fingerprint density at radius 2 is 1.90 bits per heavy atom. The van der Waals surface area contributed by atoms with Crippen LogP contribution in [-0.4, -0.2) is 91.4 Å². The minimum absolute atomic E-state index is 0.104. The molecule has 0 saturated carbocycles. The van der Waals surface area contributed by atoms with Crippen molar-refractivity contribution in [2.24, 2.45) is 0 Å². The number of likely N-dealkylation sites (N-methyl/N-ethyl adjacent to an activating group) is 1. The number of urea groups is 1. The van der Waals surface area contributed by atoms with E-state index in [1.165, 1.54) is 4.90 Å². The molecule has 2 fully saturated rings. The topological polar surface area (TPSA) is 114 Å². The molecule has 0 aliphatic carbocycles. The number of amides is 4. The van der Waals surface area contributed by atoms with E-state index in [4.69, 9.17) is 4.74 Å². The number of imide groups is 1. The molecule has 0 aromatic carbocycles. The van der Waals surface area contributed by atoms with E-state index in [2.05, 4.69) is 15.3 Å². The highest BCUT2D eigenvalue weighted by molar-refractivity contribution is 6.38. The van der Waals surface area contributed by atoms with E-state index in [0.29, 0.717) is 50.7 Å². The number of piperazine rings is 1. The van der Waals surface area contributed by atoms with Gasteiger partial charge in [0.1, 0.15) is 6.10 Å². The van der Waals surface area contributed by atoms with Crippen LogP contribution in [0.15, 0.2) is 30.6 Å². The van der Waals surface area contributed by atoms with Gasteiger partial charge in [-0.3, -0.25) is 14.5 Å². The van der Waals surface area contributed by atoms with Gasteiger partial charge in [-0.25, -0.2) is 9.48 Å². The summed E-state index contributed by atoms with van der Waals surface area (Å²) in [5, 5.41) is 12.3. The lowest BCUT2D eigenvalue weighted by molar-refractivity contribution is -0.154. The molecule has 4 amide bonds. The van der Waals surface area contributed by atoms with Gasteiger partial charge in [-0.2, -0.15) is 5.10 Å². The Hall–Kier alpha value is -3.50. The van der Waals surface area contributed by atoms with Crippen molar-refractivity contribution in [2.45, 2.75) is 25.9 Å². The molecule has 11 nitrogen and oxygen atoms in total. The molecule has 2 aromatic rings. The monoisotopic (exact) mass is 413 g/mol. The van der Waals surface area contributed by atoms with E-state index < -0.39 is 17.8 Å².